The van der Waals surface area contributed by atoms with E-state index in [0.717, 1.165) is 42.3 Å². The fraction of sp³-hybridized carbons (Fsp3) is 0.300. The van der Waals surface area contributed by atoms with E-state index in [2.05, 4.69) is 46.6 Å². The molecule has 1 N–H and O–H groups in total. The molecule has 0 amide bonds. The average molecular weight is 355 g/mol. The number of halogens is 1. The molecule has 0 radical (unpaired) electrons. The predicted molar refractivity (Wildman–Crippen MR) is 107 cm³/mol. The summed E-state index contributed by atoms with van der Waals surface area (Å²) in [6, 6.07) is 18.7. The van der Waals surface area contributed by atoms with E-state index in [9.17, 15) is 0 Å². The van der Waals surface area contributed by atoms with Crippen molar-refractivity contribution in [3.63, 3.8) is 0 Å². The van der Waals surface area contributed by atoms with Gasteiger partial charge in [0.05, 0.1) is 5.52 Å². The van der Waals surface area contributed by atoms with Crippen LogP contribution in [0.5, 0.6) is 0 Å². The van der Waals surface area contributed by atoms with Crippen LogP contribution >= 0.6 is 12.4 Å². The van der Waals surface area contributed by atoms with Gasteiger partial charge in [-0.3, -0.25) is 0 Å². The van der Waals surface area contributed by atoms with Gasteiger partial charge in [-0.2, -0.15) is 4.98 Å². The lowest BCUT2D eigenvalue weighted by molar-refractivity contribution is 0.569. The molecule has 0 atom stereocenters. The number of benzene rings is 2. The van der Waals surface area contributed by atoms with Gasteiger partial charge in [0.2, 0.25) is 5.95 Å². The molecule has 1 saturated heterocycles. The lowest BCUT2D eigenvalue weighted by Crippen LogP contribution is -2.31. The highest BCUT2D eigenvalue weighted by Crippen LogP contribution is 2.25. The van der Waals surface area contributed by atoms with Crippen LogP contribution < -0.4 is 10.2 Å². The standard InChI is InChI=1S/C20H22N4.ClH/c1-3-9-16(10-4-1)15-21-19-17-11-5-6-12-18(17)22-20(23-19)24-13-7-2-8-14-24;/h1,3-6,9-12H,2,7-8,13-15H2,(H,21,22,23);1H. The number of rotatable bonds is 4. The fourth-order valence-corrected chi connectivity index (χ4v) is 3.22. The lowest BCUT2D eigenvalue weighted by atomic mass is 10.1. The number of piperidine rings is 1. The number of para-hydroxylation sites is 1. The van der Waals surface area contributed by atoms with Gasteiger partial charge >= 0.3 is 0 Å². The van der Waals surface area contributed by atoms with Gasteiger partial charge in [0.15, 0.2) is 0 Å². The highest BCUT2D eigenvalue weighted by Gasteiger charge is 2.16. The van der Waals surface area contributed by atoms with Gasteiger partial charge in [0.1, 0.15) is 5.82 Å². The number of anilines is 2. The Morgan fingerprint density at radius 1 is 0.840 bits per heavy atom. The van der Waals surface area contributed by atoms with Gasteiger partial charge < -0.3 is 10.2 Å². The molecule has 25 heavy (non-hydrogen) atoms. The number of aromatic nitrogens is 2. The molecule has 4 rings (SSSR count). The topological polar surface area (TPSA) is 41.1 Å². The molecule has 5 heteroatoms. The first-order chi connectivity index (χ1) is 11.9. The first-order valence-corrected chi connectivity index (χ1v) is 8.70. The minimum Gasteiger partial charge on any atom is -0.365 e. The third-order valence-corrected chi connectivity index (χ3v) is 4.53. The van der Waals surface area contributed by atoms with E-state index in [1.54, 1.807) is 0 Å². The zero-order chi connectivity index (χ0) is 16.2. The van der Waals surface area contributed by atoms with Crippen LogP contribution in [0.2, 0.25) is 0 Å². The molecule has 0 saturated carbocycles. The maximum absolute atomic E-state index is 4.84. The molecule has 2 heterocycles. The molecule has 1 aliphatic heterocycles. The van der Waals surface area contributed by atoms with Gasteiger partial charge in [-0.25, -0.2) is 4.98 Å². The van der Waals surface area contributed by atoms with E-state index in [1.165, 1.54) is 24.8 Å². The van der Waals surface area contributed by atoms with Crippen LogP contribution in [0.25, 0.3) is 10.9 Å². The van der Waals surface area contributed by atoms with Gasteiger partial charge in [-0.05, 0) is 37.0 Å². The van der Waals surface area contributed by atoms with Gasteiger partial charge in [0, 0.05) is 25.0 Å². The Morgan fingerprint density at radius 2 is 1.56 bits per heavy atom. The van der Waals surface area contributed by atoms with Crippen molar-refractivity contribution in [1.29, 1.82) is 0 Å². The second kappa shape index (κ2) is 8.17. The van der Waals surface area contributed by atoms with E-state index in [-0.39, 0.29) is 12.4 Å². The zero-order valence-corrected chi connectivity index (χ0v) is 15.0. The maximum Gasteiger partial charge on any atom is 0.227 e. The number of fused-ring (bicyclic) bond motifs is 1. The number of nitrogens with one attached hydrogen (secondary N) is 1. The van der Waals surface area contributed by atoms with E-state index < -0.39 is 0 Å². The smallest absolute Gasteiger partial charge is 0.227 e. The largest absolute Gasteiger partial charge is 0.365 e. The summed E-state index contributed by atoms with van der Waals surface area (Å²) in [7, 11) is 0. The second-order valence-corrected chi connectivity index (χ2v) is 6.28. The minimum atomic E-state index is 0. The fourth-order valence-electron chi connectivity index (χ4n) is 3.22. The van der Waals surface area contributed by atoms with Crippen molar-refractivity contribution in [2.24, 2.45) is 0 Å². The monoisotopic (exact) mass is 354 g/mol. The van der Waals surface area contributed by atoms with Crippen LogP contribution in [0.15, 0.2) is 54.6 Å². The first-order valence-electron chi connectivity index (χ1n) is 8.70. The molecule has 4 nitrogen and oxygen atoms in total. The first kappa shape index (κ1) is 17.5. The van der Waals surface area contributed by atoms with Crippen LogP contribution in [0.4, 0.5) is 11.8 Å². The second-order valence-electron chi connectivity index (χ2n) is 6.28. The molecule has 1 aromatic heterocycles. The Labute approximate surface area is 154 Å². The third kappa shape index (κ3) is 4.02. The molecule has 0 unspecified atom stereocenters. The van der Waals surface area contributed by atoms with Crippen molar-refractivity contribution in [2.75, 3.05) is 23.3 Å². The highest BCUT2D eigenvalue weighted by atomic mass is 35.5. The Balaban J connectivity index is 0.00000182. The van der Waals surface area contributed by atoms with Crippen molar-refractivity contribution in [3.8, 4) is 0 Å². The summed E-state index contributed by atoms with van der Waals surface area (Å²) in [4.78, 5) is 11.9. The van der Waals surface area contributed by atoms with Crippen molar-refractivity contribution in [3.05, 3.63) is 60.2 Å². The Morgan fingerprint density at radius 3 is 2.36 bits per heavy atom. The maximum atomic E-state index is 4.84. The van der Waals surface area contributed by atoms with Gasteiger partial charge in [-0.1, -0.05) is 42.5 Å². The number of hydrogen-bond acceptors (Lipinski definition) is 4. The Bertz CT molecular complexity index is 816. The van der Waals surface area contributed by atoms with Crippen LogP contribution in [-0.2, 0) is 6.54 Å². The molecule has 1 fully saturated rings. The summed E-state index contributed by atoms with van der Waals surface area (Å²) in [6.07, 6.45) is 3.76. The third-order valence-electron chi connectivity index (χ3n) is 4.53. The Hall–Kier alpha value is -2.33. The molecule has 0 bridgehead atoms. The predicted octanol–water partition coefficient (Wildman–Crippen LogP) is 4.65. The van der Waals surface area contributed by atoms with E-state index in [4.69, 9.17) is 9.97 Å². The highest BCUT2D eigenvalue weighted by molar-refractivity contribution is 5.90. The van der Waals surface area contributed by atoms with Crippen LogP contribution in [-0.4, -0.2) is 23.1 Å². The molecule has 3 aromatic rings. The van der Waals surface area contributed by atoms with Gasteiger partial charge in [0.25, 0.3) is 0 Å². The normalized spacial score (nSPS) is 14.2. The van der Waals surface area contributed by atoms with E-state index >= 15 is 0 Å². The number of nitrogens with zero attached hydrogens (tertiary/aromatic N) is 3. The summed E-state index contributed by atoms with van der Waals surface area (Å²) >= 11 is 0. The molecule has 1 aliphatic rings. The minimum absolute atomic E-state index is 0. The Kier molecular flexibility index (Phi) is 5.71. The summed E-state index contributed by atoms with van der Waals surface area (Å²) in [5.74, 6) is 1.77. The van der Waals surface area contributed by atoms with Crippen LogP contribution in [0.1, 0.15) is 24.8 Å². The summed E-state index contributed by atoms with van der Waals surface area (Å²) in [5, 5.41) is 4.58. The van der Waals surface area contributed by atoms with E-state index in [0.29, 0.717) is 0 Å². The molecular weight excluding hydrogens is 332 g/mol. The SMILES string of the molecule is Cl.c1ccc(CNc2nc(N3CCCCC3)nc3ccccc23)cc1. The van der Waals surface area contributed by atoms with Crippen molar-refractivity contribution in [2.45, 2.75) is 25.8 Å². The molecule has 0 aliphatic carbocycles. The van der Waals surface area contributed by atoms with Crippen LogP contribution in [0, 0.1) is 0 Å². The van der Waals surface area contributed by atoms with Crippen molar-refractivity contribution in [1.82, 2.24) is 9.97 Å². The quantitative estimate of drug-likeness (QED) is 0.740. The lowest BCUT2D eigenvalue weighted by Gasteiger charge is -2.27. The molecule has 130 valence electrons. The summed E-state index contributed by atoms with van der Waals surface area (Å²) in [5.41, 5.74) is 2.25. The summed E-state index contributed by atoms with van der Waals surface area (Å²) < 4.78 is 0. The summed E-state index contributed by atoms with van der Waals surface area (Å²) in [6.45, 7) is 2.87. The van der Waals surface area contributed by atoms with Crippen LogP contribution in [0.3, 0.4) is 0 Å². The van der Waals surface area contributed by atoms with Crippen molar-refractivity contribution < 1.29 is 0 Å². The van der Waals surface area contributed by atoms with Gasteiger partial charge in [-0.15, -0.1) is 12.4 Å². The zero-order valence-electron chi connectivity index (χ0n) is 14.2. The molecule has 2 aromatic carbocycles. The van der Waals surface area contributed by atoms with Crippen molar-refractivity contribution >= 4 is 35.1 Å². The number of hydrogen-bond donors (Lipinski definition) is 1. The average Bonchev–Trinajstić information content (AvgIpc) is 2.67. The molecular formula is C20H23ClN4. The van der Waals surface area contributed by atoms with E-state index in [1.807, 2.05) is 18.2 Å². The molecule has 0 spiro atoms.